The van der Waals surface area contributed by atoms with E-state index < -0.39 is 0 Å². The lowest BCUT2D eigenvalue weighted by atomic mass is 10.1. The van der Waals surface area contributed by atoms with Gasteiger partial charge >= 0.3 is 0 Å². The summed E-state index contributed by atoms with van der Waals surface area (Å²) in [5.41, 5.74) is 1.11. The number of ether oxygens (including phenoxy) is 1. The number of halogens is 1. The molecule has 3 heteroatoms. The highest BCUT2D eigenvalue weighted by Gasteiger charge is 2.00. The molecule has 2 rings (SSSR count). The molecule has 72 valence electrons. The van der Waals surface area contributed by atoms with Gasteiger partial charge in [0.1, 0.15) is 5.15 Å². The third-order valence-electron chi connectivity index (χ3n) is 2.09. The molecule has 0 unspecified atom stereocenters. The van der Waals surface area contributed by atoms with Gasteiger partial charge in [0, 0.05) is 18.7 Å². The number of methoxy groups -OCH3 is 1. The summed E-state index contributed by atoms with van der Waals surface area (Å²) in [5.74, 6) is 0. The lowest BCUT2D eigenvalue weighted by molar-refractivity contribution is 0.185. The molecular formula is C11H10ClNO. The number of fused-ring (bicyclic) bond motifs is 1. The Kier molecular flexibility index (Phi) is 2.66. The highest BCUT2D eigenvalue weighted by Crippen LogP contribution is 2.22. The predicted octanol–water partition coefficient (Wildman–Crippen LogP) is 3.03. The zero-order valence-electron chi connectivity index (χ0n) is 7.83. The molecule has 14 heavy (non-hydrogen) atoms. The number of rotatable bonds is 2. The van der Waals surface area contributed by atoms with Crippen molar-refractivity contribution in [2.24, 2.45) is 0 Å². The Morgan fingerprint density at radius 1 is 1.36 bits per heavy atom. The van der Waals surface area contributed by atoms with Crippen molar-refractivity contribution in [2.75, 3.05) is 7.11 Å². The van der Waals surface area contributed by atoms with Crippen molar-refractivity contribution in [3.63, 3.8) is 0 Å². The predicted molar refractivity (Wildman–Crippen MR) is 57.5 cm³/mol. The molecule has 1 aromatic heterocycles. The molecule has 0 fully saturated rings. The van der Waals surface area contributed by atoms with Gasteiger partial charge < -0.3 is 4.74 Å². The van der Waals surface area contributed by atoms with Gasteiger partial charge in [-0.05, 0) is 23.1 Å². The van der Waals surface area contributed by atoms with Gasteiger partial charge in [-0.1, -0.05) is 23.7 Å². The summed E-state index contributed by atoms with van der Waals surface area (Å²) >= 11 is 5.98. The molecule has 0 radical (unpaired) electrons. The van der Waals surface area contributed by atoms with Gasteiger partial charge in [0.15, 0.2) is 0 Å². The highest BCUT2D eigenvalue weighted by molar-refractivity contribution is 6.34. The summed E-state index contributed by atoms with van der Waals surface area (Å²) in [4.78, 5) is 4.03. The lowest BCUT2D eigenvalue weighted by Gasteiger charge is -2.03. The Morgan fingerprint density at radius 3 is 3.00 bits per heavy atom. The van der Waals surface area contributed by atoms with E-state index in [0.29, 0.717) is 11.8 Å². The quantitative estimate of drug-likeness (QED) is 0.707. The highest BCUT2D eigenvalue weighted by atomic mass is 35.5. The van der Waals surface area contributed by atoms with Crippen molar-refractivity contribution in [1.82, 2.24) is 4.98 Å². The fourth-order valence-corrected chi connectivity index (χ4v) is 1.66. The minimum atomic E-state index is 0.542. The Labute approximate surface area is 87.5 Å². The largest absolute Gasteiger partial charge is 0.380 e. The second-order valence-corrected chi connectivity index (χ2v) is 3.45. The third kappa shape index (κ3) is 1.72. The molecule has 1 aromatic carbocycles. The van der Waals surface area contributed by atoms with E-state index in [-0.39, 0.29) is 0 Å². The molecule has 2 nitrogen and oxygen atoms in total. The van der Waals surface area contributed by atoms with Crippen LogP contribution in [0.4, 0.5) is 0 Å². The topological polar surface area (TPSA) is 22.1 Å². The smallest absolute Gasteiger partial charge is 0.136 e. The second-order valence-electron chi connectivity index (χ2n) is 3.09. The van der Waals surface area contributed by atoms with E-state index >= 15 is 0 Å². The molecule has 0 aliphatic rings. The van der Waals surface area contributed by atoms with Crippen molar-refractivity contribution in [3.05, 3.63) is 41.2 Å². The molecule has 0 atom stereocenters. The molecule has 0 N–H and O–H groups in total. The molecule has 0 aliphatic heterocycles. The molecule has 0 bridgehead atoms. The fraction of sp³-hybridized carbons (Fsp3) is 0.182. The minimum Gasteiger partial charge on any atom is -0.380 e. The van der Waals surface area contributed by atoms with Crippen LogP contribution in [0.25, 0.3) is 10.8 Å². The Bertz CT molecular complexity index is 456. The Balaban J connectivity index is 2.58. The summed E-state index contributed by atoms with van der Waals surface area (Å²) in [6.45, 7) is 0.598. The summed E-state index contributed by atoms with van der Waals surface area (Å²) in [5, 5.41) is 2.62. The minimum absolute atomic E-state index is 0.542. The zero-order chi connectivity index (χ0) is 9.97. The van der Waals surface area contributed by atoms with Crippen molar-refractivity contribution >= 4 is 22.4 Å². The van der Waals surface area contributed by atoms with Crippen LogP contribution in [0.1, 0.15) is 5.56 Å². The van der Waals surface area contributed by atoms with Crippen LogP contribution in [-0.2, 0) is 11.3 Å². The van der Waals surface area contributed by atoms with Gasteiger partial charge in [-0.3, -0.25) is 0 Å². The Morgan fingerprint density at radius 2 is 2.21 bits per heavy atom. The first-order valence-electron chi connectivity index (χ1n) is 4.33. The number of aromatic nitrogens is 1. The van der Waals surface area contributed by atoms with Crippen molar-refractivity contribution in [3.8, 4) is 0 Å². The zero-order valence-corrected chi connectivity index (χ0v) is 8.58. The van der Waals surface area contributed by atoms with Gasteiger partial charge in [0.25, 0.3) is 0 Å². The van der Waals surface area contributed by atoms with E-state index in [4.69, 9.17) is 16.3 Å². The van der Waals surface area contributed by atoms with Crippen LogP contribution < -0.4 is 0 Å². The van der Waals surface area contributed by atoms with E-state index in [9.17, 15) is 0 Å². The van der Waals surface area contributed by atoms with Crippen LogP contribution in [0.15, 0.2) is 30.5 Å². The first kappa shape index (κ1) is 9.44. The van der Waals surface area contributed by atoms with E-state index in [1.165, 1.54) is 0 Å². The SMILES string of the molecule is COCc1ccc2ccnc(Cl)c2c1. The van der Waals surface area contributed by atoms with Gasteiger partial charge in [0.2, 0.25) is 0 Å². The van der Waals surface area contributed by atoms with Crippen molar-refractivity contribution in [2.45, 2.75) is 6.61 Å². The number of nitrogens with zero attached hydrogens (tertiary/aromatic N) is 1. The summed E-state index contributed by atoms with van der Waals surface area (Å²) in [7, 11) is 1.68. The van der Waals surface area contributed by atoms with Gasteiger partial charge in [-0.15, -0.1) is 0 Å². The summed E-state index contributed by atoms with van der Waals surface area (Å²) < 4.78 is 5.05. The van der Waals surface area contributed by atoms with Gasteiger partial charge in [-0.25, -0.2) is 4.98 Å². The van der Waals surface area contributed by atoms with Crippen LogP contribution in [0.3, 0.4) is 0 Å². The maximum absolute atomic E-state index is 5.98. The number of benzene rings is 1. The fourth-order valence-electron chi connectivity index (χ4n) is 1.44. The third-order valence-corrected chi connectivity index (χ3v) is 2.39. The molecule has 0 aliphatic carbocycles. The van der Waals surface area contributed by atoms with Gasteiger partial charge in [-0.2, -0.15) is 0 Å². The number of pyridine rings is 1. The van der Waals surface area contributed by atoms with E-state index in [1.54, 1.807) is 13.3 Å². The molecule has 1 heterocycles. The number of hydrogen-bond donors (Lipinski definition) is 0. The molecule has 0 amide bonds. The number of hydrogen-bond acceptors (Lipinski definition) is 2. The van der Waals surface area contributed by atoms with Crippen LogP contribution in [0.5, 0.6) is 0 Å². The average Bonchev–Trinajstić information content (AvgIpc) is 2.20. The normalized spacial score (nSPS) is 10.7. The summed E-state index contributed by atoms with van der Waals surface area (Å²) in [6, 6.07) is 8.01. The van der Waals surface area contributed by atoms with E-state index in [2.05, 4.69) is 4.98 Å². The molecule has 0 saturated carbocycles. The van der Waals surface area contributed by atoms with Gasteiger partial charge in [0.05, 0.1) is 6.61 Å². The van der Waals surface area contributed by atoms with Crippen LogP contribution >= 0.6 is 11.6 Å². The monoisotopic (exact) mass is 207 g/mol. The maximum Gasteiger partial charge on any atom is 0.136 e. The lowest BCUT2D eigenvalue weighted by Crippen LogP contribution is -1.87. The van der Waals surface area contributed by atoms with E-state index in [0.717, 1.165) is 16.3 Å². The first-order valence-corrected chi connectivity index (χ1v) is 4.71. The van der Waals surface area contributed by atoms with Crippen molar-refractivity contribution < 1.29 is 4.74 Å². The second kappa shape index (κ2) is 3.95. The van der Waals surface area contributed by atoms with Crippen LogP contribution in [0.2, 0.25) is 5.15 Å². The van der Waals surface area contributed by atoms with Crippen LogP contribution in [0, 0.1) is 0 Å². The molecule has 0 spiro atoms. The molecule has 2 aromatic rings. The van der Waals surface area contributed by atoms with Crippen LogP contribution in [-0.4, -0.2) is 12.1 Å². The average molecular weight is 208 g/mol. The maximum atomic E-state index is 5.98. The van der Waals surface area contributed by atoms with E-state index in [1.807, 2.05) is 24.3 Å². The van der Waals surface area contributed by atoms with Crippen molar-refractivity contribution in [1.29, 1.82) is 0 Å². The Hall–Kier alpha value is -1.12. The molecular weight excluding hydrogens is 198 g/mol. The summed E-state index contributed by atoms with van der Waals surface area (Å²) in [6.07, 6.45) is 1.71. The molecule has 0 saturated heterocycles. The first-order chi connectivity index (χ1) is 6.81. The standard InChI is InChI=1S/C11H10ClNO/c1-14-7-8-2-3-9-4-5-13-11(12)10(9)6-8/h2-6H,7H2,1H3.